The fourth-order valence-corrected chi connectivity index (χ4v) is 2.24. The molecular formula is C13H17F3N2. The fourth-order valence-electron chi connectivity index (χ4n) is 2.24. The van der Waals surface area contributed by atoms with Crippen molar-refractivity contribution in [2.75, 3.05) is 25.0 Å². The van der Waals surface area contributed by atoms with Crippen molar-refractivity contribution in [2.24, 2.45) is 0 Å². The van der Waals surface area contributed by atoms with Crippen molar-refractivity contribution >= 4 is 5.69 Å². The van der Waals surface area contributed by atoms with Crippen LogP contribution in [-0.4, -0.2) is 25.8 Å². The van der Waals surface area contributed by atoms with Crippen LogP contribution >= 0.6 is 0 Å². The van der Waals surface area contributed by atoms with Gasteiger partial charge in [-0.05, 0) is 43.0 Å². The Morgan fingerprint density at radius 2 is 2.17 bits per heavy atom. The molecule has 100 valence electrons. The van der Waals surface area contributed by atoms with Crippen molar-refractivity contribution in [2.45, 2.75) is 24.9 Å². The molecule has 0 aromatic heterocycles. The predicted octanol–water partition coefficient (Wildman–Crippen LogP) is 3.13. The van der Waals surface area contributed by atoms with E-state index in [1.54, 1.807) is 6.07 Å². The zero-order valence-electron chi connectivity index (χ0n) is 10.1. The van der Waals surface area contributed by atoms with Crippen LogP contribution in [0.3, 0.4) is 0 Å². The van der Waals surface area contributed by atoms with E-state index >= 15 is 0 Å². The summed E-state index contributed by atoms with van der Waals surface area (Å²) in [5.74, 6) is 0.409. The van der Waals surface area contributed by atoms with Crippen LogP contribution in [0.4, 0.5) is 18.9 Å². The lowest BCUT2D eigenvalue weighted by molar-refractivity contribution is -0.115. The van der Waals surface area contributed by atoms with Crippen LogP contribution in [0.15, 0.2) is 24.3 Å². The van der Waals surface area contributed by atoms with Gasteiger partial charge in [0, 0.05) is 12.2 Å². The summed E-state index contributed by atoms with van der Waals surface area (Å²) < 4.78 is 36.4. The minimum atomic E-state index is -4.18. The molecule has 2 N–H and O–H groups in total. The third-order valence-electron chi connectivity index (χ3n) is 3.15. The minimum absolute atomic E-state index is 0.409. The highest BCUT2D eigenvalue weighted by molar-refractivity contribution is 5.46. The third kappa shape index (κ3) is 3.91. The zero-order valence-corrected chi connectivity index (χ0v) is 10.1. The van der Waals surface area contributed by atoms with Crippen LogP contribution in [-0.2, 0) is 0 Å². The molecule has 0 aliphatic carbocycles. The van der Waals surface area contributed by atoms with E-state index in [1.165, 1.54) is 0 Å². The molecule has 0 amide bonds. The summed E-state index contributed by atoms with van der Waals surface area (Å²) in [6, 6.07) is 7.29. The first kappa shape index (κ1) is 13.2. The van der Waals surface area contributed by atoms with Gasteiger partial charge in [-0.15, -0.1) is 0 Å². The van der Waals surface area contributed by atoms with E-state index in [2.05, 4.69) is 10.6 Å². The summed E-state index contributed by atoms with van der Waals surface area (Å²) >= 11 is 0. The number of piperidine rings is 1. The van der Waals surface area contributed by atoms with Crippen molar-refractivity contribution in [1.29, 1.82) is 0 Å². The minimum Gasteiger partial charge on any atom is -0.376 e. The Kier molecular flexibility index (Phi) is 4.11. The molecule has 0 radical (unpaired) electrons. The van der Waals surface area contributed by atoms with Crippen molar-refractivity contribution in [3.63, 3.8) is 0 Å². The van der Waals surface area contributed by atoms with Gasteiger partial charge in [0.05, 0.1) is 0 Å². The lowest BCUT2D eigenvalue weighted by Gasteiger charge is -2.23. The summed E-state index contributed by atoms with van der Waals surface area (Å²) in [6.45, 7) is 0.949. The number of hydrogen-bond donors (Lipinski definition) is 2. The number of benzene rings is 1. The van der Waals surface area contributed by atoms with Gasteiger partial charge in [-0.2, -0.15) is 13.2 Å². The first-order valence-corrected chi connectivity index (χ1v) is 6.16. The van der Waals surface area contributed by atoms with Gasteiger partial charge in [-0.3, -0.25) is 0 Å². The topological polar surface area (TPSA) is 24.1 Å². The van der Waals surface area contributed by atoms with Gasteiger partial charge >= 0.3 is 6.18 Å². The molecule has 2 rings (SSSR count). The highest BCUT2D eigenvalue weighted by Gasteiger charge is 2.26. The van der Waals surface area contributed by atoms with Crippen LogP contribution in [0.25, 0.3) is 0 Å². The molecule has 1 aromatic rings. The number of anilines is 1. The molecule has 2 nitrogen and oxygen atoms in total. The van der Waals surface area contributed by atoms with Crippen LogP contribution in [0.1, 0.15) is 24.3 Å². The number of nitrogens with one attached hydrogen (secondary N) is 2. The largest absolute Gasteiger partial charge is 0.405 e. The summed E-state index contributed by atoms with van der Waals surface area (Å²) in [5.41, 5.74) is 1.64. The number of alkyl halides is 3. The highest BCUT2D eigenvalue weighted by atomic mass is 19.4. The van der Waals surface area contributed by atoms with Crippen molar-refractivity contribution in [3.8, 4) is 0 Å². The lowest BCUT2D eigenvalue weighted by Crippen LogP contribution is -2.28. The van der Waals surface area contributed by atoms with Crippen LogP contribution in [0.5, 0.6) is 0 Å². The highest BCUT2D eigenvalue weighted by Crippen LogP contribution is 2.25. The average molecular weight is 258 g/mol. The molecule has 1 fully saturated rings. The summed E-state index contributed by atoms with van der Waals surface area (Å²) in [7, 11) is 0. The standard InChI is InChI=1S/C13H17F3N2/c14-13(15,16)9-18-12-5-1-3-10(7-12)11-4-2-6-17-8-11/h1,3,5,7,11,17-18H,2,4,6,8-9H2. The number of rotatable bonds is 3. The second-order valence-corrected chi connectivity index (χ2v) is 4.64. The van der Waals surface area contributed by atoms with Gasteiger partial charge in [-0.1, -0.05) is 12.1 Å². The Bertz CT molecular complexity index is 384. The third-order valence-corrected chi connectivity index (χ3v) is 3.15. The van der Waals surface area contributed by atoms with Gasteiger partial charge < -0.3 is 10.6 Å². The van der Waals surface area contributed by atoms with E-state index < -0.39 is 12.7 Å². The summed E-state index contributed by atoms with van der Waals surface area (Å²) in [4.78, 5) is 0. The smallest absolute Gasteiger partial charge is 0.376 e. The molecule has 18 heavy (non-hydrogen) atoms. The average Bonchev–Trinajstić information content (AvgIpc) is 2.37. The van der Waals surface area contributed by atoms with Gasteiger partial charge in [0.2, 0.25) is 0 Å². The molecule has 1 aliphatic heterocycles. The van der Waals surface area contributed by atoms with E-state index in [4.69, 9.17) is 0 Å². The van der Waals surface area contributed by atoms with E-state index in [1.807, 2.05) is 18.2 Å². The van der Waals surface area contributed by atoms with E-state index in [-0.39, 0.29) is 0 Å². The van der Waals surface area contributed by atoms with Crippen LogP contribution in [0.2, 0.25) is 0 Å². The van der Waals surface area contributed by atoms with Crippen molar-refractivity contribution < 1.29 is 13.2 Å². The molecule has 1 aliphatic rings. The molecule has 1 atom stereocenters. The van der Waals surface area contributed by atoms with Gasteiger partial charge in [0.25, 0.3) is 0 Å². The monoisotopic (exact) mass is 258 g/mol. The Morgan fingerprint density at radius 1 is 1.33 bits per heavy atom. The van der Waals surface area contributed by atoms with Gasteiger partial charge in [0.15, 0.2) is 0 Å². The van der Waals surface area contributed by atoms with E-state index in [0.29, 0.717) is 11.6 Å². The summed E-state index contributed by atoms with van der Waals surface area (Å²) in [5, 5.41) is 5.73. The maximum atomic E-state index is 12.1. The van der Waals surface area contributed by atoms with Gasteiger partial charge in [0.1, 0.15) is 6.54 Å². The van der Waals surface area contributed by atoms with Crippen molar-refractivity contribution in [3.05, 3.63) is 29.8 Å². The Morgan fingerprint density at radius 3 is 2.83 bits per heavy atom. The fraction of sp³-hybridized carbons (Fsp3) is 0.538. The first-order valence-electron chi connectivity index (χ1n) is 6.16. The Hall–Kier alpha value is -1.23. The van der Waals surface area contributed by atoms with Gasteiger partial charge in [-0.25, -0.2) is 0 Å². The molecule has 5 heteroatoms. The predicted molar refractivity (Wildman–Crippen MR) is 65.8 cm³/mol. The maximum absolute atomic E-state index is 12.1. The molecule has 0 spiro atoms. The second kappa shape index (κ2) is 5.61. The molecule has 1 unspecified atom stereocenters. The number of halogens is 3. The molecule has 0 bridgehead atoms. The SMILES string of the molecule is FC(F)(F)CNc1cccc(C2CCCNC2)c1. The van der Waals surface area contributed by atoms with E-state index in [0.717, 1.165) is 31.5 Å². The molecule has 1 heterocycles. The van der Waals surface area contributed by atoms with Crippen molar-refractivity contribution in [1.82, 2.24) is 5.32 Å². The van der Waals surface area contributed by atoms with Crippen LogP contribution < -0.4 is 10.6 Å². The molecule has 0 saturated carbocycles. The zero-order chi connectivity index (χ0) is 13.0. The second-order valence-electron chi connectivity index (χ2n) is 4.64. The normalized spacial score (nSPS) is 20.7. The molecule has 1 aromatic carbocycles. The molecule has 1 saturated heterocycles. The number of hydrogen-bond acceptors (Lipinski definition) is 2. The Labute approximate surface area is 105 Å². The Balaban J connectivity index is 2.00. The molecular weight excluding hydrogens is 241 g/mol. The lowest BCUT2D eigenvalue weighted by atomic mass is 9.91. The maximum Gasteiger partial charge on any atom is 0.405 e. The van der Waals surface area contributed by atoms with Crippen LogP contribution in [0, 0.1) is 0 Å². The quantitative estimate of drug-likeness (QED) is 0.870. The first-order chi connectivity index (χ1) is 8.54. The summed E-state index contributed by atoms with van der Waals surface area (Å²) in [6.07, 6.45) is -1.97. The van der Waals surface area contributed by atoms with E-state index in [9.17, 15) is 13.2 Å².